The smallest absolute Gasteiger partial charge is 0.308 e. The van der Waals surface area contributed by atoms with Crippen LogP contribution < -0.4 is 5.32 Å². The molecule has 0 saturated heterocycles. The fourth-order valence-corrected chi connectivity index (χ4v) is 2.95. The van der Waals surface area contributed by atoms with E-state index in [1.54, 1.807) is 12.1 Å². The number of amides is 1. The molecule has 0 bridgehead atoms. The van der Waals surface area contributed by atoms with Gasteiger partial charge in [-0.3, -0.25) is 9.59 Å². The summed E-state index contributed by atoms with van der Waals surface area (Å²) >= 11 is 5.81. The van der Waals surface area contributed by atoms with E-state index < -0.39 is 11.9 Å². The van der Waals surface area contributed by atoms with Gasteiger partial charge < -0.3 is 10.4 Å². The van der Waals surface area contributed by atoms with Crippen molar-refractivity contribution in [2.24, 2.45) is 5.92 Å². The van der Waals surface area contributed by atoms with Gasteiger partial charge in [0, 0.05) is 11.1 Å². The number of nitrogens with one attached hydrogen (secondary N) is 1. The molecule has 1 aromatic rings. The van der Waals surface area contributed by atoms with Gasteiger partial charge in [-0.05, 0) is 30.5 Å². The summed E-state index contributed by atoms with van der Waals surface area (Å²) in [7, 11) is 0. The largest absolute Gasteiger partial charge is 0.481 e. The fraction of sp³-hybridized carbons (Fsp3) is 0.500. The van der Waals surface area contributed by atoms with Gasteiger partial charge in [-0.1, -0.05) is 43.0 Å². The Balaban J connectivity index is 1.96. The van der Waals surface area contributed by atoms with Gasteiger partial charge in [0.2, 0.25) is 5.91 Å². The molecular weight excluding hydrogens is 290 g/mol. The van der Waals surface area contributed by atoms with Gasteiger partial charge in [-0.2, -0.15) is 0 Å². The fourth-order valence-electron chi connectivity index (χ4n) is 2.82. The molecule has 2 N–H and O–H groups in total. The van der Waals surface area contributed by atoms with Gasteiger partial charge in [-0.25, -0.2) is 0 Å². The molecule has 0 radical (unpaired) electrons. The van der Waals surface area contributed by atoms with Crippen molar-refractivity contribution in [3.63, 3.8) is 0 Å². The maximum atomic E-state index is 12.1. The number of aliphatic carboxylic acids is 1. The maximum absolute atomic E-state index is 12.1. The van der Waals surface area contributed by atoms with Gasteiger partial charge in [0.15, 0.2) is 0 Å². The van der Waals surface area contributed by atoms with Crippen LogP contribution in [0.1, 0.15) is 37.7 Å². The third kappa shape index (κ3) is 4.74. The average Bonchev–Trinajstić information content (AvgIpc) is 2.67. The highest BCUT2D eigenvalue weighted by molar-refractivity contribution is 6.30. The number of carboxylic acid groups (broad SMARTS) is 1. The average molecular weight is 310 g/mol. The van der Waals surface area contributed by atoms with E-state index in [9.17, 15) is 14.7 Å². The molecule has 2 rings (SSSR count). The number of benzene rings is 1. The van der Waals surface area contributed by atoms with Crippen LogP contribution in [-0.2, 0) is 16.0 Å². The van der Waals surface area contributed by atoms with Crippen molar-refractivity contribution >= 4 is 23.5 Å². The molecule has 0 aliphatic heterocycles. The first-order chi connectivity index (χ1) is 10.1. The predicted molar refractivity (Wildman–Crippen MR) is 81.3 cm³/mol. The second-order valence-electron chi connectivity index (χ2n) is 5.56. The SMILES string of the molecule is O=C(Cc1ccc(Cl)cc1)N[C@H]1CCCCC[C@H]1C(=O)O. The van der Waals surface area contributed by atoms with Crippen molar-refractivity contribution in [1.82, 2.24) is 5.32 Å². The molecule has 0 heterocycles. The first-order valence-electron chi connectivity index (χ1n) is 7.33. The molecule has 114 valence electrons. The van der Waals surface area contributed by atoms with Crippen molar-refractivity contribution in [2.75, 3.05) is 0 Å². The molecule has 1 aliphatic carbocycles. The van der Waals surface area contributed by atoms with Crippen molar-refractivity contribution < 1.29 is 14.7 Å². The Kier molecular flexibility index (Phi) is 5.62. The van der Waals surface area contributed by atoms with Crippen LogP contribution in [0.4, 0.5) is 0 Å². The molecular formula is C16H20ClNO3. The summed E-state index contributed by atoms with van der Waals surface area (Å²) in [6, 6.07) is 6.85. The summed E-state index contributed by atoms with van der Waals surface area (Å²) in [5.74, 6) is -1.41. The topological polar surface area (TPSA) is 66.4 Å². The Hall–Kier alpha value is -1.55. The number of rotatable bonds is 4. The standard InChI is InChI=1S/C16H20ClNO3/c17-12-8-6-11(7-9-12)10-15(19)18-14-5-3-1-2-4-13(14)16(20)21/h6-9,13-14H,1-5,10H2,(H,18,19)(H,20,21)/t13-,14+/m1/s1. The van der Waals surface area contributed by atoms with Crippen molar-refractivity contribution in [2.45, 2.75) is 44.6 Å². The molecule has 1 amide bonds. The molecule has 1 aliphatic rings. The minimum Gasteiger partial charge on any atom is -0.481 e. The van der Waals surface area contributed by atoms with Crippen molar-refractivity contribution in [1.29, 1.82) is 0 Å². The molecule has 21 heavy (non-hydrogen) atoms. The number of carbonyl (C=O) groups excluding carboxylic acids is 1. The van der Waals surface area contributed by atoms with Crippen LogP contribution in [0.5, 0.6) is 0 Å². The molecule has 0 aromatic heterocycles. The second-order valence-corrected chi connectivity index (χ2v) is 6.00. The van der Waals surface area contributed by atoms with E-state index in [1.807, 2.05) is 12.1 Å². The molecule has 5 heteroatoms. The van der Waals surface area contributed by atoms with Crippen LogP contribution in [-0.4, -0.2) is 23.0 Å². The molecule has 1 fully saturated rings. The van der Waals surface area contributed by atoms with Crippen LogP contribution in [0, 0.1) is 5.92 Å². The van der Waals surface area contributed by atoms with Gasteiger partial charge in [-0.15, -0.1) is 0 Å². The normalized spacial score (nSPS) is 22.3. The Labute approximate surface area is 129 Å². The predicted octanol–water partition coefficient (Wildman–Crippen LogP) is 3.03. The van der Waals surface area contributed by atoms with Crippen LogP contribution in [0.25, 0.3) is 0 Å². The van der Waals surface area contributed by atoms with E-state index in [-0.39, 0.29) is 18.4 Å². The summed E-state index contributed by atoms with van der Waals surface area (Å²) in [4.78, 5) is 23.4. The number of carbonyl (C=O) groups is 2. The lowest BCUT2D eigenvalue weighted by Crippen LogP contribution is -2.43. The van der Waals surface area contributed by atoms with E-state index in [4.69, 9.17) is 11.6 Å². The van der Waals surface area contributed by atoms with E-state index in [0.717, 1.165) is 31.2 Å². The van der Waals surface area contributed by atoms with Crippen LogP contribution >= 0.6 is 11.6 Å². The molecule has 4 nitrogen and oxygen atoms in total. The Morgan fingerprint density at radius 3 is 2.48 bits per heavy atom. The van der Waals surface area contributed by atoms with E-state index in [1.165, 1.54) is 0 Å². The Morgan fingerprint density at radius 1 is 1.14 bits per heavy atom. The summed E-state index contributed by atoms with van der Waals surface area (Å²) in [6.45, 7) is 0. The lowest BCUT2D eigenvalue weighted by molar-refractivity contribution is -0.143. The maximum Gasteiger partial charge on any atom is 0.308 e. The molecule has 0 spiro atoms. The lowest BCUT2D eigenvalue weighted by Gasteiger charge is -2.22. The molecule has 1 saturated carbocycles. The van der Waals surface area contributed by atoms with Gasteiger partial charge in [0.1, 0.15) is 0 Å². The summed E-state index contributed by atoms with van der Waals surface area (Å²) in [6.07, 6.45) is 4.55. The van der Waals surface area contributed by atoms with Gasteiger partial charge in [0.05, 0.1) is 12.3 Å². The zero-order chi connectivity index (χ0) is 15.2. The van der Waals surface area contributed by atoms with Crippen molar-refractivity contribution in [3.05, 3.63) is 34.9 Å². The summed E-state index contributed by atoms with van der Waals surface area (Å²) < 4.78 is 0. The third-order valence-electron chi connectivity index (χ3n) is 3.96. The van der Waals surface area contributed by atoms with Crippen LogP contribution in [0.2, 0.25) is 5.02 Å². The molecule has 0 unspecified atom stereocenters. The Morgan fingerprint density at radius 2 is 1.81 bits per heavy atom. The second kappa shape index (κ2) is 7.46. The van der Waals surface area contributed by atoms with Crippen LogP contribution in [0.3, 0.4) is 0 Å². The zero-order valence-electron chi connectivity index (χ0n) is 11.8. The first-order valence-corrected chi connectivity index (χ1v) is 7.70. The molecule has 2 atom stereocenters. The zero-order valence-corrected chi connectivity index (χ0v) is 12.6. The molecule has 1 aromatic carbocycles. The minimum absolute atomic E-state index is 0.129. The number of hydrogen-bond acceptors (Lipinski definition) is 2. The quantitative estimate of drug-likeness (QED) is 0.840. The van der Waals surface area contributed by atoms with Gasteiger partial charge in [0.25, 0.3) is 0 Å². The Bertz CT molecular complexity index is 501. The van der Waals surface area contributed by atoms with E-state index in [0.29, 0.717) is 11.4 Å². The third-order valence-corrected chi connectivity index (χ3v) is 4.21. The van der Waals surface area contributed by atoms with Gasteiger partial charge >= 0.3 is 5.97 Å². The first kappa shape index (κ1) is 15.8. The highest BCUT2D eigenvalue weighted by Crippen LogP contribution is 2.24. The minimum atomic E-state index is -0.811. The highest BCUT2D eigenvalue weighted by Gasteiger charge is 2.30. The highest BCUT2D eigenvalue weighted by atomic mass is 35.5. The monoisotopic (exact) mass is 309 g/mol. The summed E-state index contributed by atoms with van der Waals surface area (Å²) in [5.41, 5.74) is 0.873. The van der Waals surface area contributed by atoms with Crippen molar-refractivity contribution in [3.8, 4) is 0 Å². The number of halogens is 1. The van der Waals surface area contributed by atoms with E-state index >= 15 is 0 Å². The van der Waals surface area contributed by atoms with Crippen LogP contribution in [0.15, 0.2) is 24.3 Å². The number of hydrogen-bond donors (Lipinski definition) is 2. The summed E-state index contributed by atoms with van der Waals surface area (Å²) in [5, 5.41) is 12.8. The van der Waals surface area contributed by atoms with E-state index in [2.05, 4.69) is 5.32 Å². The number of carboxylic acids is 1. The lowest BCUT2D eigenvalue weighted by atomic mass is 9.94.